The molecule has 0 spiro atoms. The van der Waals surface area contributed by atoms with Crippen LogP contribution in [0, 0.1) is 5.92 Å². The zero-order valence-electron chi connectivity index (χ0n) is 12.9. The van der Waals surface area contributed by atoms with Gasteiger partial charge in [0.15, 0.2) is 0 Å². The number of nitrogens with one attached hydrogen (secondary N) is 1. The van der Waals surface area contributed by atoms with Crippen molar-refractivity contribution in [2.45, 2.75) is 38.6 Å². The van der Waals surface area contributed by atoms with Crippen LogP contribution >= 0.6 is 0 Å². The second kappa shape index (κ2) is 7.65. The summed E-state index contributed by atoms with van der Waals surface area (Å²) >= 11 is 0. The number of rotatable bonds is 8. The van der Waals surface area contributed by atoms with E-state index in [0.29, 0.717) is 25.2 Å². The second-order valence-electron chi connectivity index (χ2n) is 5.49. The monoisotopic (exact) mass is 277 g/mol. The highest BCUT2D eigenvalue weighted by atomic mass is 16.5. The summed E-state index contributed by atoms with van der Waals surface area (Å²) in [7, 11) is 1.69. The Morgan fingerprint density at radius 3 is 2.50 bits per heavy atom. The van der Waals surface area contributed by atoms with Gasteiger partial charge in [0.1, 0.15) is 12.4 Å². The predicted molar refractivity (Wildman–Crippen MR) is 82.4 cm³/mol. The maximum atomic E-state index is 5.61. The molecule has 3 nitrogen and oxygen atoms in total. The summed E-state index contributed by atoms with van der Waals surface area (Å²) in [6, 6.07) is 9.30. The minimum absolute atomic E-state index is 0.610. The maximum Gasteiger partial charge on any atom is 0.119 e. The summed E-state index contributed by atoms with van der Waals surface area (Å²) in [4.78, 5) is 0. The standard InChI is InChI=1S/C17H27NO2/c1-4-15-16(12-17(15)18-5-2)13-6-8-14(9-7-13)20-11-10-19-3/h6-9,15-18H,4-5,10-12H2,1-3H3. The van der Waals surface area contributed by atoms with E-state index in [0.717, 1.165) is 18.2 Å². The summed E-state index contributed by atoms with van der Waals surface area (Å²) in [5.41, 5.74) is 1.45. The summed E-state index contributed by atoms with van der Waals surface area (Å²) in [6.07, 6.45) is 2.50. The molecule has 0 saturated heterocycles. The Morgan fingerprint density at radius 2 is 1.90 bits per heavy atom. The van der Waals surface area contributed by atoms with Gasteiger partial charge in [-0.05, 0) is 42.5 Å². The van der Waals surface area contributed by atoms with Crippen molar-refractivity contribution >= 4 is 0 Å². The smallest absolute Gasteiger partial charge is 0.119 e. The van der Waals surface area contributed by atoms with Crippen LogP contribution in [0.25, 0.3) is 0 Å². The largest absolute Gasteiger partial charge is 0.491 e. The van der Waals surface area contributed by atoms with Gasteiger partial charge in [-0.25, -0.2) is 0 Å². The molecule has 0 bridgehead atoms. The molecule has 1 aromatic carbocycles. The van der Waals surface area contributed by atoms with Crippen molar-refractivity contribution in [3.05, 3.63) is 29.8 Å². The molecule has 3 unspecified atom stereocenters. The lowest BCUT2D eigenvalue weighted by Gasteiger charge is -2.45. The second-order valence-corrected chi connectivity index (χ2v) is 5.49. The number of methoxy groups -OCH3 is 1. The van der Waals surface area contributed by atoms with Crippen molar-refractivity contribution in [1.29, 1.82) is 0 Å². The fourth-order valence-corrected chi connectivity index (χ4v) is 3.21. The molecule has 2 rings (SSSR count). The minimum Gasteiger partial charge on any atom is -0.491 e. The predicted octanol–water partition coefficient (Wildman–Crippen LogP) is 3.20. The van der Waals surface area contributed by atoms with Crippen molar-refractivity contribution in [2.75, 3.05) is 26.9 Å². The van der Waals surface area contributed by atoms with Gasteiger partial charge in [0.05, 0.1) is 6.61 Å². The highest BCUT2D eigenvalue weighted by molar-refractivity contribution is 5.32. The average molecular weight is 277 g/mol. The van der Waals surface area contributed by atoms with Crippen molar-refractivity contribution in [3.63, 3.8) is 0 Å². The number of ether oxygens (including phenoxy) is 2. The third kappa shape index (κ3) is 3.53. The molecule has 1 saturated carbocycles. The molecule has 1 N–H and O–H groups in total. The van der Waals surface area contributed by atoms with Crippen LogP contribution in [0.2, 0.25) is 0 Å². The van der Waals surface area contributed by atoms with Gasteiger partial charge >= 0.3 is 0 Å². The van der Waals surface area contributed by atoms with E-state index in [9.17, 15) is 0 Å². The molecule has 112 valence electrons. The van der Waals surface area contributed by atoms with E-state index in [4.69, 9.17) is 9.47 Å². The molecule has 3 heteroatoms. The third-order valence-corrected chi connectivity index (χ3v) is 4.34. The molecule has 3 atom stereocenters. The fourth-order valence-electron chi connectivity index (χ4n) is 3.21. The van der Waals surface area contributed by atoms with Gasteiger partial charge in [0, 0.05) is 13.2 Å². The lowest BCUT2D eigenvalue weighted by atomic mass is 9.65. The molecule has 0 aliphatic heterocycles. The van der Waals surface area contributed by atoms with Gasteiger partial charge in [0.2, 0.25) is 0 Å². The van der Waals surface area contributed by atoms with Crippen LogP contribution < -0.4 is 10.1 Å². The fraction of sp³-hybridized carbons (Fsp3) is 0.647. The quantitative estimate of drug-likeness (QED) is 0.740. The van der Waals surface area contributed by atoms with Gasteiger partial charge in [-0.3, -0.25) is 0 Å². The molecule has 0 amide bonds. The minimum atomic E-state index is 0.610. The van der Waals surface area contributed by atoms with Crippen LogP contribution in [0.4, 0.5) is 0 Å². The third-order valence-electron chi connectivity index (χ3n) is 4.34. The van der Waals surface area contributed by atoms with E-state index in [1.54, 1.807) is 7.11 Å². The van der Waals surface area contributed by atoms with Gasteiger partial charge in [0.25, 0.3) is 0 Å². The van der Waals surface area contributed by atoms with E-state index in [1.165, 1.54) is 18.4 Å². The molecule has 20 heavy (non-hydrogen) atoms. The first kappa shape index (κ1) is 15.3. The van der Waals surface area contributed by atoms with Crippen LogP contribution in [-0.4, -0.2) is 32.9 Å². The van der Waals surface area contributed by atoms with E-state index < -0.39 is 0 Å². The first-order valence-corrected chi connectivity index (χ1v) is 7.75. The molecule has 1 aromatic rings. The topological polar surface area (TPSA) is 30.5 Å². The van der Waals surface area contributed by atoms with Crippen LogP contribution in [0.5, 0.6) is 5.75 Å². The van der Waals surface area contributed by atoms with Gasteiger partial charge in [-0.2, -0.15) is 0 Å². The molecular weight excluding hydrogens is 250 g/mol. The van der Waals surface area contributed by atoms with Crippen LogP contribution in [0.15, 0.2) is 24.3 Å². The summed E-state index contributed by atoms with van der Waals surface area (Å²) < 4.78 is 10.6. The molecule has 1 fully saturated rings. The Labute approximate surface area is 122 Å². The van der Waals surface area contributed by atoms with Gasteiger partial charge < -0.3 is 14.8 Å². The zero-order valence-corrected chi connectivity index (χ0v) is 12.9. The van der Waals surface area contributed by atoms with Crippen LogP contribution in [-0.2, 0) is 4.74 Å². The van der Waals surface area contributed by atoms with Gasteiger partial charge in [-0.15, -0.1) is 0 Å². The lowest BCUT2D eigenvalue weighted by molar-refractivity contribution is 0.146. The first-order chi connectivity index (χ1) is 9.80. The van der Waals surface area contributed by atoms with E-state index in [2.05, 4.69) is 43.4 Å². The molecular formula is C17H27NO2. The van der Waals surface area contributed by atoms with E-state index >= 15 is 0 Å². The summed E-state index contributed by atoms with van der Waals surface area (Å²) in [5, 5.41) is 3.59. The van der Waals surface area contributed by atoms with Crippen LogP contribution in [0.1, 0.15) is 38.2 Å². The normalized spacial score (nSPS) is 25.2. The molecule has 1 aliphatic rings. The van der Waals surface area contributed by atoms with Crippen molar-refractivity contribution in [1.82, 2.24) is 5.32 Å². The number of hydrogen-bond donors (Lipinski definition) is 1. The average Bonchev–Trinajstić information content (AvgIpc) is 2.45. The number of benzene rings is 1. The highest BCUT2D eigenvalue weighted by Gasteiger charge is 2.39. The zero-order chi connectivity index (χ0) is 14.4. The Kier molecular flexibility index (Phi) is 5.86. The molecule has 0 radical (unpaired) electrons. The molecule has 0 aromatic heterocycles. The van der Waals surface area contributed by atoms with Crippen molar-refractivity contribution in [2.24, 2.45) is 5.92 Å². The van der Waals surface area contributed by atoms with Crippen molar-refractivity contribution in [3.8, 4) is 5.75 Å². The van der Waals surface area contributed by atoms with Gasteiger partial charge in [-0.1, -0.05) is 32.4 Å². The molecule has 1 aliphatic carbocycles. The SMILES string of the molecule is CCNC1CC(c2ccc(OCCOC)cc2)C1CC. The lowest BCUT2D eigenvalue weighted by Crippen LogP contribution is -2.48. The summed E-state index contributed by atoms with van der Waals surface area (Å²) in [5.74, 6) is 2.41. The molecule has 0 heterocycles. The van der Waals surface area contributed by atoms with Crippen LogP contribution in [0.3, 0.4) is 0 Å². The summed E-state index contributed by atoms with van der Waals surface area (Å²) in [6.45, 7) is 6.79. The number of hydrogen-bond acceptors (Lipinski definition) is 3. The first-order valence-electron chi connectivity index (χ1n) is 7.75. The highest BCUT2D eigenvalue weighted by Crippen LogP contribution is 2.44. The Bertz CT molecular complexity index is 390. The van der Waals surface area contributed by atoms with Crippen molar-refractivity contribution < 1.29 is 9.47 Å². The Hall–Kier alpha value is -1.06. The van der Waals surface area contributed by atoms with E-state index in [1.807, 2.05) is 0 Å². The van der Waals surface area contributed by atoms with E-state index in [-0.39, 0.29) is 0 Å². The Morgan fingerprint density at radius 1 is 1.15 bits per heavy atom. The maximum absolute atomic E-state index is 5.61. The Balaban J connectivity index is 1.90.